The van der Waals surface area contributed by atoms with Crippen molar-refractivity contribution < 1.29 is 23.4 Å². The fraction of sp³-hybridized carbons (Fsp3) is 0.318. The lowest BCUT2D eigenvalue weighted by atomic mass is 9.95. The Morgan fingerprint density at radius 1 is 1.25 bits per heavy atom. The van der Waals surface area contributed by atoms with Crippen molar-refractivity contribution >= 4 is 35.0 Å². The number of ether oxygens (including phenoxy) is 3. The molecule has 1 aromatic heterocycles. The van der Waals surface area contributed by atoms with Crippen molar-refractivity contribution in [1.82, 2.24) is 10.3 Å². The van der Waals surface area contributed by atoms with Gasteiger partial charge in [-0.25, -0.2) is 14.2 Å². The monoisotopic (exact) mass is 481 g/mol. The van der Waals surface area contributed by atoms with Gasteiger partial charge in [-0.05, 0) is 31.2 Å². The lowest BCUT2D eigenvalue weighted by Gasteiger charge is -2.28. The molecule has 0 aliphatic carbocycles. The zero-order valence-electron chi connectivity index (χ0n) is 17.5. The standard InChI is InChI=1S/C22H22Cl2FN3O4/c1-3-32-22(29)18-17(12-31-10-9-30-2)27-21(20-16(25)5-4-8-26-20)28-19(18)14-7-6-13(23)11-15(14)24/h4-8,11,19H,3,9-10,12H2,1-2H3,(H,27,28). The summed E-state index contributed by atoms with van der Waals surface area (Å²) >= 11 is 12.5. The van der Waals surface area contributed by atoms with Crippen LogP contribution in [0.1, 0.15) is 24.2 Å². The first-order valence-corrected chi connectivity index (χ1v) is 10.6. The second-order valence-electron chi connectivity index (χ2n) is 6.66. The predicted octanol–water partition coefficient (Wildman–Crippen LogP) is 4.10. The molecule has 32 heavy (non-hydrogen) atoms. The van der Waals surface area contributed by atoms with E-state index in [1.807, 2.05) is 0 Å². The highest BCUT2D eigenvalue weighted by Crippen LogP contribution is 2.37. The largest absolute Gasteiger partial charge is 0.463 e. The minimum Gasteiger partial charge on any atom is -0.463 e. The molecule has 2 heterocycles. The van der Waals surface area contributed by atoms with E-state index in [0.717, 1.165) is 0 Å². The Labute approximate surface area is 195 Å². The number of methoxy groups -OCH3 is 1. The van der Waals surface area contributed by atoms with Crippen molar-refractivity contribution in [2.75, 3.05) is 33.5 Å². The number of nitrogens with one attached hydrogen (secondary N) is 1. The number of halogens is 3. The van der Waals surface area contributed by atoms with Crippen LogP contribution in [0.25, 0.3) is 0 Å². The summed E-state index contributed by atoms with van der Waals surface area (Å²) in [6.07, 6.45) is 1.45. The molecule has 1 unspecified atom stereocenters. The second-order valence-corrected chi connectivity index (χ2v) is 7.51. The number of aromatic nitrogens is 1. The first-order valence-electron chi connectivity index (χ1n) is 9.83. The third-order valence-electron chi connectivity index (χ3n) is 4.54. The van der Waals surface area contributed by atoms with Crippen LogP contribution >= 0.6 is 23.2 Å². The first kappa shape index (κ1) is 24.1. The predicted molar refractivity (Wildman–Crippen MR) is 119 cm³/mol. The maximum Gasteiger partial charge on any atom is 0.338 e. The van der Waals surface area contributed by atoms with E-state index in [-0.39, 0.29) is 36.9 Å². The molecule has 7 nitrogen and oxygen atoms in total. The Bertz CT molecular complexity index is 1050. The van der Waals surface area contributed by atoms with E-state index in [4.69, 9.17) is 37.4 Å². The molecule has 0 spiro atoms. The van der Waals surface area contributed by atoms with Crippen molar-refractivity contribution in [3.05, 3.63) is 74.9 Å². The van der Waals surface area contributed by atoms with E-state index < -0.39 is 17.8 Å². The number of hydrogen-bond donors (Lipinski definition) is 1. The molecule has 1 aromatic carbocycles. The van der Waals surface area contributed by atoms with E-state index in [9.17, 15) is 9.18 Å². The van der Waals surface area contributed by atoms with Crippen LogP contribution in [0.4, 0.5) is 4.39 Å². The summed E-state index contributed by atoms with van der Waals surface area (Å²) in [7, 11) is 1.55. The van der Waals surface area contributed by atoms with Gasteiger partial charge < -0.3 is 19.5 Å². The average molecular weight is 482 g/mol. The van der Waals surface area contributed by atoms with E-state index in [2.05, 4.69) is 15.3 Å². The van der Waals surface area contributed by atoms with Gasteiger partial charge in [-0.2, -0.15) is 0 Å². The highest BCUT2D eigenvalue weighted by atomic mass is 35.5. The second kappa shape index (κ2) is 11.4. The Morgan fingerprint density at radius 2 is 2.06 bits per heavy atom. The molecule has 2 aromatic rings. The molecule has 3 rings (SSSR count). The van der Waals surface area contributed by atoms with Gasteiger partial charge in [-0.1, -0.05) is 29.3 Å². The minimum atomic E-state index is -0.891. The molecule has 10 heteroatoms. The summed E-state index contributed by atoms with van der Waals surface area (Å²) in [5, 5.41) is 3.73. The Kier molecular flexibility index (Phi) is 8.58. The summed E-state index contributed by atoms with van der Waals surface area (Å²) in [4.78, 5) is 21.6. The zero-order valence-corrected chi connectivity index (χ0v) is 19.0. The molecular formula is C22H22Cl2FN3O4. The quantitative estimate of drug-likeness (QED) is 0.428. The molecule has 1 N–H and O–H groups in total. The molecule has 0 radical (unpaired) electrons. The zero-order chi connectivity index (χ0) is 23.1. The number of esters is 1. The molecule has 0 bridgehead atoms. The summed E-state index contributed by atoms with van der Waals surface area (Å²) in [6, 6.07) is 6.71. The van der Waals surface area contributed by atoms with Gasteiger partial charge in [0.1, 0.15) is 11.7 Å². The molecule has 0 amide bonds. The Morgan fingerprint density at radius 3 is 2.75 bits per heavy atom. The topological polar surface area (TPSA) is 82.0 Å². The number of carbonyl (C=O) groups excluding carboxylic acids is 1. The van der Waals surface area contributed by atoms with Crippen LogP contribution in [0.2, 0.25) is 10.0 Å². The van der Waals surface area contributed by atoms with Crippen molar-refractivity contribution in [2.45, 2.75) is 13.0 Å². The number of carbonyl (C=O) groups is 1. The molecule has 1 aliphatic heterocycles. The third-order valence-corrected chi connectivity index (χ3v) is 5.10. The molecule has 0 saturated heterocycles. The highest BCUT2D eigenvalue weighted by Gasteiger charge is 2.34. The van der Waals surface area contributed by atoms with Gasteiger partial charge in [0.25, 0.3) is 0 Å². The SMILES string of the molecule is CCOC(=O)C1=C(COCCOC)NC(c2ncccc2F)=NC1c1ccc(Cl)cc1Cl. The molecule has 0 saturated carbocycles. The van der Waals surface area contributed by atoms with Crippen LogP contribution < -0.4 is 5.32 Å². The molecule has 0 fully saturated rings. The van der Waals surface area contributed by atoms with Crippen molar-refractivity contribution in [2.24, 2.45) is 4.99 Å². The third kappa shape index (κ3) is 5.63. The lowest BCUT2D eigenvalue weighted by Crippen LogP contribution is -2.37. The minimum absolute atomic E-state index is 0.000105. The number of amidine groups is 1. The van der Waals surface area contributed by atoms with E-state index in [1.165, 1.54) is 18.3 Å². The number of pyridine rings is 1. The fourth-order valence-electron chi connectivity index (χ4n) is 3.10. The van der Waals surface area contributed by atoms with E-state index >= 15 is 0 Å². The molecule has 1 atom stereocenters. The summed E-state index contributed by atoms with van der Waals surface area (Å²) in [5.41, 5.74) is 1.07. The average Bonchev–Trinajstić information content (AvgIpc) is 2.76. The number of aliphatic imine (C=N–C) groups is 1. The van der Waals surface area contributed by atoms with Crippen LogP contribution in [0.5, 0.6) is 0 Å². The molecule has 170 valence electrons. The molecular weight excluding hydrogens is 460 g/mol. The summed E-state index contributed by atoms with van der Waals surface area (Å²) < 4.78 is 30.4. The highest BCUT2D eigenvalue weighted by molar-refractivity contribution is 6.35. The van der Waals surface area contributed by atoms with Gasteiger partial charge in [0.2, 0.25) is 0 Å². The van der Waals surface area contributed by atoms with Gasteiger partial charge in [-0.15, -0.1) is 0 Å². The van der Waals surface area contributed by atoms with Gasteiger partial charge in [0.15, 0.2) is 11.7 Å². The van der Waals surface area contributed by atoms with Crippen LogP contribution in [-0.2, 0) is 19.0 Å². The van der Waals surface area contributed by atoms with Gasteiger partial charge in [0.05, 0.1) is 37.7 Å². The van der Waals surface area contributed by atoms with Crippen LogP contribution in [0.3, 0.4) is 0 Å². The van der Waals surface area contributed by atoms with E-state index in [1.54, 1.807) is 32.2 Å². The summed E-state index contributed by atoms with van der Waals surface area (Å²) in [5.74, 6) is -1.03. The van der Waals surface area contributed by atoms with Gasteiger partial charge >= 0.3 is 5.97 Å². The van der Waals surface area contributed by atoms with Crippen LogP contribution in [-0.4, -0.2) is 50.3 Å². The van der Waals surface area contributed by atoms with Crippen molar-refractivity contribution in [3.8, 4) is 0 Å². The molecule has 1 aliphatic rings. The Balaban J connectivity index is 2.13. The number of benzene rings is 1. The Hall–Kier alpha value is -2.52. The smallest absolute Gasteiger partial charge is 0.338 e. The summed E-state index contributed by atoms with van der Waals surface area (Å²) in [6.45, 7) is 2.52. The van der Waals surface area contributed by atoms with Gasteiger partial charge in [-0.3, -0.25) is 4.99 Å². The lowest BCUT2D eigenvalue weighted by molar-refractivity contribution is -0.139. The number of hydrogen-bond acceptors (Lipinski definition) is 7. The van der Waals surface area contributed by atoms with Crippen LogP contribution in [0.15, 0.2) is 52.8 Å². The maximum absolute atomic E-state index is 14.5. The van der Waals surface area contributed by atoms with Crippen LogP contribution in [0, 0.1) is 5.82 Å². The van der Waals surface area contributed by atoms with Crippen molar-refractivity contribution in [1.29, 1.82) is 0 Å². The normalized spacial score (nSPS) is 15.9. The maximum atomic E-state index is 14.5. The first-order chi connectivity index (χ1) is 15.5. The fourth-order valence-corrected chi connectivity index (χ4v) is 3.62. The number of rotatable bonds is 9. The van der Waals surface area contributed by atoms with E-state index in [0.29, 0.717) is 27.9 Å². The number of nitrogens with zero attached hydrogens (tertiary/aromatic N) is 2. The van der Waals surface area contributed by atoms with Gasteiger partial charge in [0, 0.05) is 28.9 Å². The van der Waals surface area contributed by atoms with Crippen molar-refractivity contribution in [3.63, 3.8) is 0 Å².